The summed E-state index contributed by atoms with van der Waals surface area (Å²) >= 11 is 0. The summed E-state index contributed by atoms with van der Waals surface area (Å²) in [5, 5.41) is 2.51. The molecule has 0 aliphatic rings. The van der Waals surface area contributed by atoms with Crippen LogP contribution in [0.4, 0.5) is 13.2 Å². The predicted octanol–water partition coefficient (Wildman–Crippen LogP) is 3.71. The molecule has 10 heteroatoms. The van der Waals surface area contributed by atoms with Gasteiger partial charge in [0, 0.05) is 12.1 Å². The minimum atomic E-state index is -4.47. The van der Waals surface area contributed by atoms with E-state index in [1.165, 1.54) is 42.7 Å². The van der Waals surface area contributed by atoms with Gasteiger partial charge in [-0.25, -0.2) is 13.1 Å². The van der Waals surface area contributed by atoms with Crippen LogP contribution >= 0.6 is 0 Å². The molecule has 0 unspecified atom stereocenters. The molecule has 0 aliphatic carbocycles. The Hall–Kier alpha value is -3.11. The first-order valence-electron chi connectivity index (χ1n) is 8.71. The van der Waals surface area contributed by atoms with Crippen LogP contribution in [0.3, 0.4) is 0 Å². The van der Waals surface area contributed by atoms with Crippen molar-refractivity contribution in [2.24, 2.45) is 0 Å². The Morgan fingerprint density at radius 3 is 2.33 bits per heavy atom. The van der Waals surface area contributed by atoms with E-state index in [1.54, 1.807) is 12.1 Å². The number of hydrogen-bond acceptors (Lipinski definition) is 4. The highest BCUT2D eigenvalue weighted by molar-refractivity contribution is 7.89. The van der Waals surface area contributed by atoms with Gasteiger partial charge >= 0.3 is 6.18 Å². The number of halogens is 3. The fraction of sp³-hybridized carbons (Fsp3) is 0.150. The van der Waals surface area contributed by atoms with Crippen molar-refractivity contribution in [3.8, 4) is 0 Å². The maximum Gasteiger partial charge on any atom is 0.416 e. The summed E-state index contributed by atoms with van der Waals surface area (Å²) in [7, 11) is -3.80. The molecular formula is C20H17F3N2O4S. The SMILES string of the molecule is O=C(NCc1cccc(C(F)(F)F)c1)c1ccc(S(=O)(=O)NCc2ccco2)cc1. The summed E-state index contributed by atoms with van der Waals surface area (Å²) in [4.78, 5) is 12.2. The van der Waals surface area contributed by atoms with Crippen LogP contribution in [-0.2, 0) is 29.3 Å². The Balaban J connectivity index is 1.61. The molecule has 3 aromatic rings. The molecule has 0 fully saturated rings. The first-order chi connectivity index (χ1) is 14.1. The molecule has 0 atom stereocenters. The third kappa shape index (κ3) is 5.49. The molecule has 6 nitrogen and oxygen atoms in total. The molecule has 0 spiro atoms. The molecule has 0 aliphatic heterocycles. The molecule has 0 radical (unpaired) electrons. The van der Waals surface area contributed by atoms with Crippen LogP contribution in [0.1, 0.15) is 27.2 Å². The van der Waals surface area contributed by atoms with Gasteiger partial charge in [0.05, 0.1) is 23.3 Å². The molecule has 1 aromatic heterocycles. The van der Waals surface area contributed by atoms with Crippen LogP contribution in [0.25, 0.3) is 0 Å². The molecule has 1 amide bonds. The van der Waals surface area contributed by atoms with Crippen LogP contribution in [0, 0.1) is 0 Å². The third-order valence-corrected chi connectivity index (χ3v) is 5.57. The second kappa shape index (κ2) is 8.72. The minimum absolute atomic E-state index is 0.0193. The zero-order chi connectivity index (χ0) is 21.8. The zero-order valence-electron chi connectivity index (χ0n) is 15.4. The van der Waals surface area contributed by atoms with Gasteiger partial charge in [0.1, 0.15) is 5.76 Å². The summed E-state index contributed by atoms with van der Waals surface area (Å²) in [6.45, 7) is -0.123. The standard InChI is InChI=1S/C20H17F3N2O4S/c21-20(22,23)16-4-1-3-14(11-16)12-24-19(26)15-6-8-18(9-7-15)30(27,28)25-13-17-5-2-10-29-17/h1-11,25H,12-13H2,(H,24,26). The lowest BCUT2D eigenvalue weighted by atomic mass is 10.1. The third-order valence-electron chi connectivity index (χ3n) is 4.15. The van der Waals surface area contributed by atoms with Crippen LogP contribution in [0.15, 0.2) is 76.2 Å². The van der Waals surface area contributed by atoms with Crippen molar-refractivity contribution in [2.45, 2.75) is 24.2 Å². The van der Waals surface area contributed by atoms with Gasteiger partial charge in [-0.3, -0.25) is 4.79 Å². The van der Waals surface area contributed by atoms with Crippen molar-refractivity contribution >= 4 is 15.9 Å². The number of benzene rings is 2. The van der Waals surface area contributed by atoms with Crippen LogP contribution in [0.2, 0.25) is 0 Å². The van der Waals surface area contributed by atoms with Gasteiger partial charge in [-0.2, -0.15) is 13.2 Å². The number of rotatable bonds is 7. The summed E-state index contributed by atoms with van der Waals surface area (Å²) < 4.78 is 70.3. The maximum absolute atomic E-state index is 12.8. The molecule has 0 saturated carbocycles. The molecule has 3 rings (SSSR count). The van der Waals surface area contributed by atoms with Gasteiger partial charge in [-0.05, 0) is 54.1 Å². The lowest BCUT2D eigenvalue weighted by molar-refractivity contribution is -0.137. The molecule has 0 saturated heterocycles. The molecular weight excluding hydrogens is 421 g/mol. The van der Waals surface area contributed by atoms with E-state index >= 15 is 0 Å². The van der Waals surface area contributed by atoms with Gasteiger partial charge in [-0.1, -0.05) is 12.1 Å². The molecule has 1 heterocycles. The van der Waals surface area contributed by atoms with Crippen molar-refractivity contribution in [3.63, 3.8) is 0 Å². The number of furan rings is 1. The molecule has 158 valence electrons. The van der Waals surface area contributed by atoms with E-state index in [1.807, 2.05) is 0 Å². The van der Waals surface area contributed by atoms with E-state index in [2.05, 4.69) is 10.0 Å². The number of alkyl halides is 3. The van der Waals surface area contributed by atoms with E-state index in [4.69, 9.17) is 4.42 Å². The molecule has 0 bridgehead atoms. The van der Waals surface area contributed by atoms with Crippen LogP contribution in [-0.4, -0.2) is 14.3 Å². The largest absolute Gasteiger partial charge is 0.468 e. The lowest BCUT2D eigenvalue weighted by Crippen LogP contribution is -2.24. The monoisotopic (exact) mass is 438 g/mol. The van der Waals surface area contributed by atoms with Crippen LogP contribution < -0.4 is 10.0 Å². The van der Waals surface area contributed by atoms with E-state index in [0.717, 1.165) is 12.1 Å². The van der Waals surface area contributed by atoms with Crippen molar-refractivity contribution < 1.29 is 30.8 Å². The molecule has 2 N–H and O–H groups in total. The number of hydrogen-bond donors (Lipinski definition) is 2. The number of carbonyl (C=O) groups excluding carboxylic acids is 1. The Kier molecular flexibility index (Phi) is 6.28. The van der Waals surface area contributed by atoms with E-state index in [-0.39, 0.29) is 23.5 Å². The quantitative estimate of drug-likeness (QED) is 0.589. The highest BCUT2D eigenvalue weighted by Crippen LogP contribution is 2.29. The van der Waals surface area contributed by atoms with E-state index in [9.17, 15) is 26.4 Å². The summed E-state index contributed by atoms with van der Waals surface area (Å²) in [6, 6.07) is 13.1. The lowest BCUT2D eigenvalue weighted by Gasteiger charge is -2.10. The Morgan fingerprint density at radius 1 is 0.967 bits per heavy atom. The Bertz CT molecular complexity index is 1110. The molecule has 2 aromatic carbocycles. The van der Waals surface area contributed by atoms with E-state index in [0.29, 0.717) is 11.3 Å². The highest BCUT2D eigenvalue weighted by Gasteiger charge is 2.30. The number of nitrogens with one attached hydrogen (secondary N) is 2. The fourth-order valence-electron chi connectivity index (χ4n) is 2.59. The van der Waals surface area contributed by atoms with Crippen molar-refractivity contribution in [1.29, 1.82) is 0 Å². The van der Waals surface area contributed by atoms with Gasteiger partial charge in [0.15, 0.2) is 0 Å². The predicted molar refractivity (Wildman–Crippen MR) is 102 cm³/mol. The summed E-state index contributed by atoms with van der Waals surface area (Å²) in [5.74, 6) is -0.0935. The summed E-state index contributed by atoms with van der Waals surface area (Å²) in [6.07, 6.45) is -3.04. The van der Waals surface area contributed by atoms with Crippen molar-refractivity contribution in [3.05, 3.63) is 89.4 Å². The molecule has 30 heavy (non-hydrogen) atoms. The number of amides is 1. The second-order valence-corrected chi connectivity index (χ2v) is 8.08. The smallest absolute Gasteiger partial charge is 0.416 e. The zero-order valence-corrected chi connectivity index (χ0v) is 16.3. The maximum atomic E-state index is 12.8. The average molecular weight is 438 g/mol. The van der Waals surface area contributed by atoms with E-state index < -0.39 is 27.7 Å². The Morgan fingerprint density at radius 2 is 1.70 bits per heavy atom. The topological polar surface area (TPSA) is 88.4 Å². The normalized spacial score (nSPS) is 12.0. The second-order valence-electron chi connectivity index (χ2n) is 6.31. The number of sulfonamides is 1. The number of carbonyl (C=O) groups is 1. The van der Waals surface area contributed by atoms with Gasteiger partial charge in [0.2, 0.25) is 10.0 Å². The van der Waals surface area contributed by atoms with Crippen LogP contribution in [0.5, 0.6) is 0 Å². The Labute approximate surface area is 170 Å². The van der Waals surface area contributed by atoms with Gasteiger partial charge < -0.3 is 9.73 Å². The summed E-state index contributed by atoms with van der Waals surface area (Å²) in [5.41, 5.74) is -0.336. The fourth-order valence-corrected chi connectivity index (χ4v) is 3.58. The van der Waals surface area contributed by atoms with Gasteiger partial charge in [-0.15, -0.1) is 0 Å². The highest BCUT2D eigenvalue weighted by atomic mass is 32.2. The minimum Gasteiger partial charge on any atom is -0.468 e. The van der Waals surface area contributed by atoms with Gasteiger partial charge in [0.25, 0.3) is 5.91 Å². The first-order valence-corrected chi connectivity index (χ1v) is 10.2. The van der Waals surface area contributed by atoms with Crippen molar-refractivity contribution in [1.82, 2.24) is 10.0 Å². The van der Waals surface area contributed by atoms with Crippen molar-refractivity contribution in [2.75, 3.05) is 0 Å². The first kappa shape index (κ1) is 21.6. The average Bonchev–Trinajstić information content (AvgIpc) is 3.24.